The largest absolute Gasteiger partial charge is 0.373 e. The van der Waals surface area contributed by atoms with E-state index in [1.54, 1.807) is 0 Å². The van der Waals surface area contributed by atoms with Gasteiger partial charge in [0.25, 0.3) is 0 Å². The van der Waals surface area contributed by atoms with Crippen molar-refractivity contribution in [2.75, 3.05) is 19.6 Å². The van der Waals surface area contributed by atoms with Crippen LogP contribution in [0.15, 0.2) is 0 Å². The van der Waals surface area contributed by atoms with E-state index in [-0.39, 0.29) is 0 Å². The second-order valence-corrected chi connectivity index (χ2v) is 6.47. The van der Waals surface area contributed by atoms with Crippen LogP contribution in [0.3, 0.4) is 0 Å². The summed E-state index contributed by atoms with van der Waals surface area (Å²) in [7, 11) is 0. The molecule has 3 rings (SSSR count). The van der Waals surface area contributed by atoms with Gasteiger partial charge in [0.2, 0.25) is 0 Å². The van der Waals surface area contributed by atoms with Crippen LogP contribution >= 0.6 is 0 Å². The Morgan fingerprint density at radius 1 is 1.33 bits per heavy atom. The van der Waals surface area contributed by atoms with Gasteiger partial charge in [-0.05, 0) is 58.0 Å². The first-order valence-electron chi connectivity index (χ1n) is 7.90. The molecule has 0 aromatic carbocycles. The first-order valence-corrected chi connectivity index (χ1v) is 7.90. The van der Waals surface area contributed by atoms with Crippen molar-refractivity contribution in [1.82, 2.24) is 10.2 Å². The van der Waals surface area contributed by atoms with Crippen LogP contribution in [0.5, 0.6) is 0 Å². The summed E-state index contributed by atoms with van der Waals surface area (Å²) in [4.78, 5) is 2.60. The van der Waals surface area contributed by atoms with E-state index < -0.39 is 0 Å². The molecule has 0 saturated carbocycles. The zero-order valence-corrected chi connectivity index (χ0v) is 11.9. The maximum absolute atomic E-state index is 5.94. The van der Waals surface area contributed by atoms with Gasteiger partial charge in [0.05, 0.1) is 12.2 Å². The number of hydrogen-bond donors (Lipinski definition) is 1. The minimum atomic E-state index is 0.517. The van der Waals surface area contributed by atoms with Crippen LogP contribution < -0.4 is 5.32 Å². The first-order chi connectivity index (χ1) is 8.76. The maximum atomic E-state index is 5.94. The van der Waals surface area contributed by atoms with Crippen LogP contribution in [0.25, 0.3) is 0 Å². The van der Waals surface area contributed by atoms with E-state index in [0.29, 0.717) is 24.3 Å². The van der Waals surface area contributed by atoms with E-state index in [0.717, 1.165) is 5.92 Å². The zero-order chi connectivity index (χ0) is 12.5. The molecule has 3 aliphatic heterocycles. The van der Waals surface area contributed by atoms with Gasteiger partial charge >= 0.3 is 0 Å². The lowest BCUT2D eigenvalue weighted by atomic mass is 9.89. The van der Waals surface area contributed by atoms with Crippen LogP contribution in [-0.2, 0) is 4.74 Å². The van der Waals surface area contributed by atoms with Gasteiger partial charge in [-0.2, -0.15) is 0 Å². The fourth-order valence-electron chi connectivity index (χ4n) is 4.07. The molecule has 1 N–H and O–H groups in total. The van der Waals surface area contributed by atoms with Crippen molar-refractivity contribution in [2.24, 2.45) is 5.92 Å². The van der Waals surface area contributed by atoms with Crippen molar-refractivity contribution in [2.45, 2.75) is 70.2 Å². The number of nitrogens with one attached hydrogen (secondary N) is 1. The molecule has 5 unspecified atom stereocenters. The summed E-state index contributed by atoms with van der Waals surface area (Å²) in [5, 5.41) is 3.87. The van der Waals surface area contributed by atoms with Gasteiger partial charge in [0.15, 0.2) is 0 Å². The maximum Gasteiger partial charge on any atom is 0.0733 e. The molecular weight excluding hydrogens is 224 g/mol. The minimum absolute atomic E-state index is 0.517. The highest BCUT2D eigenvalue weighted by Gasteiger charge is 2.41. The highest BCUT2D eigenvalue weighted by Crippen LogP contribution is 2.35. The Bertz CT molecular complexity index is 284. The van der Waals surface area contributed by atoms with Crippen molar-refractivity contribution >= 4 is 0 Å². The third kappa shape index (κ3) is 2.59. The van der Waals surface area contributed by atoms with E-state index in [1.165, 1.54) is 51.7 Å². The van der Waals surface area contributed by atoms with Gasteiger partial charge in [-0.15, -0.1) is 0 Å². The molecule has 3 heterocycles. The molecule has 3 saturated heterocycles. The average molecular weight is 252 g/mol. The molecule has 104 valence electrons. The van der Waals surface area contributed by atoms with Crippen molar-refractivity contribution < 1.29 is 4.74 Å². The van der Waals surface area contributed by atoms with E-state index in [2.05, 4.69) is 24.1 Å². The number of ether oxygens (including phenoxy) is 1. The van der Waals surface area contributed by atoms with E-state index >= 15 is 0 Å². The Morgan fingerprint density at radius 3 is 2.89 bits per heavy atom. The number of piperidine rings is 1. The molecular formula is C15H28N2O. The summed E-state index contributed by atoms with van der Waals surface area (Å²) in [6, 6.07) is 1.28. The summed E-state index contributed by atoms with van der Waals surface area (Å²) in [5.74, 6) is 0.831. The standard InChI is InChI=1S/C15H28N2O/c1-3-17-8-4-5-12(10-17)11(2)16-14-9-13-6-7-15(14)18-13/h11-16H,3-10H2,1-2H3. The predicted octanol–water partition coefficient (Wildman–Crippen LogP) is 2.02. The molecule has 2 bridgehead atoms. The van der Waals surface area contributed by atoms with Crippen LogP contribution in [0.1, 0.15) is 46.0 Å². The summed E-state index contributed by atoms with van der Waals surface area (Å²) in [5.41, 5.74) is 0. The lowest BCUT2D eigenvalue weighted by Crippen LogP contribution is -2.49. The molecule has 5 atom stereocenters. The molecule has 0 aromatic rings. The van der Waals surface area contributed by atoms with Crippen molar-refractivity contribution in [3.05, 3.63) is 0 Å². The topological polar surface area (TPSA) is 24.5 Å². The number of fused-ring (bicyclic) bond motifs is 2. The van der Waals surface area contributed by atoms with Crippen LogP contribution in [0.4, 0.5) is 0 Å². The van der Waals surface area contributed by atoms with Gasteiger partial charge in [-0.25, -0.2) is 0 Å². The smallest absolute Gasteiger partial charge is 0.0733 e. The highest BCUT2D eigenvalue weighted by molar-refractivity contribution is 4.96. The third-order valence-corrected chi connectivity index (χ3v) is 5.28. The normalized spacial score (nSPS) is 42.3. The molecule has 3 nitrogen and oxygen atoms in total. The summed E-state index contributed by atoms with van der Waals surface area (Å²) < 4.78 is 5.94. The zero-order valence-electron chi connectivity index (χ0n) is 11.9. The molecule has 0 amide bonds. The monoisotopic (exact) mass is 252 g/mol. The average Bonchev–Trinajstić information content (AvgIpc) is 3.01. The molecule has 18 heavy (non-hydrogen) atoms. The van der Waals surface area contributed by atoms with Crippen LogP contribution in [0, 0.1) is 5.92 Å². The molecule has 3 fully saturated rings. The number of hydrogen-bond acceptors (Lipinski definition) is 3. The Hall–Kier alpha value is -0.120. The third-order valence-electron chi connectivity index (χ3n) is 5.28. The Kier molecular flexibility index (Phi) is 3.92. The summed E-state index contributed by atoms with van der Waals surface area (Å²) >= 11 is 0. The molecule has 0 spiro atoms. The number of rotatable bonds is 4. The number of likely N-dealkylation sites (tertiary alicyclic amines) is 1. The summed E-state index contributed by atoms with van der Waals surface area (Å²) in [6.07, 6.45) is 7.68. The quantitative estimate of drug-likeness (QED) is 0.828. The van der Waals surface area contributed by atoms with Crippen molar-refractivity contribution in [3.63, 3.8) is 0 Å². The molecule has 3 heteroatoms. The predicted molar refractivity (Wildman–Crippen MR) is 73.7 cm³/mol. The first kappa shape index (κ1) is 12.9. The van der Waals surface area contributed by atoms with Gasteiger partial charge in [0.1, 0.15) is 0 Å². The highest BCUT2D eigenvalue weighted by atomic mass is 16.5. The molecule has 3 aliphatic rings. The fraction of sp³-hybridized carbons (Fsp3) is 1.00. The fourth-order valence-corrected chi connectivity index (χ4v) is 4.07. The number of nitrogens with zero attached hydrogens (tertiary/aromatic N) is 1. The van der Waals surface area contributed by atoms with Crippen molar-refractivity contribution in [1.29, 1.82) is 0 Å². The Labute approximate surface area is 111 Å². The second-order valence-electron chi connectivity index (χ2n) is 6.47. The van der Waals surface area contributed by atoms with Gasteiger partial charge in [0, 0.05) is 18.6 Å². The van der Waals surface area contributed by atoms with Crippen LogP contribution in [-0.4, -0.2) is 48.8 Å². The van der Waals surface area contributed by atoms with Gasteiger partial charge < -0.3 is 15.0 Å². The van der Waals surface area contributed by atoms with Crippen LogP contribution in [0.2, 0.25) is 0 Å². The van der Waals surface area contributed by atoms with Gasteiger partial charge in [-0.1, -0.05) is 6.92 Å². The van der Waals surface area contributed by atoms with E-state index in [9.17, 15) is 0 Å². The van der Waals surface area contributed by atoms with E-state index in [4.69, 9.17) is 4.74 Å². The second kappa shape index (κ2) is 5.48. The Morgan fingerprint density at radius 2 is 2.22 bits per heavy atom. The van der Waals surface area contributed by atoms with E-state index in [1.807, 2.05) is 0 Å². The minimum Gasteiger partial charge on any atom is -0.373 e. The molecule has 0 aliphatic carbocycles. The lowest BCUT2D eigenvalue weighted by molar-refractivity contribution is 0.0918. The Balaban J connectivity index is 1.50. The molecule has 0 aromatic heterocycles. The molecule has 0 radical (unpaired) electrons. The van der Waals surface area contributed by atoms with Crippen molar-refractivity contribution in [3.8, 4) is 0 Å². The lowest BCUT2D eigenvalue weighted by Gasteiger charge is -2.37. The summed E-state index contributed by atoms with van der Waals surface area (Å²) in [6.45, 7) is 8.46. The SMILES string of the molecule is CCN1CCCC(C(C)NC2CC3CCC2O3)C1. The van der Waals surface area contributed by atoms with Gasteiger partial charge in [-0.3, -0.25) is 0 Å².